The molecule has 24 heavy (non-hydrogen) atoms. The number of ether oxygens (including phenoxy) is 3. The summed E-state index contributed by atoms with van der Waals surface area (Å²) in [5.41, 5.74) is 3.19. The number of methoxy groups -OCH3 is 2. The molecule has 0 radical (unpaired) electrons. The van der Waals surface area contributed by atoms with Crippen LogP contribution in [0.1, 0.15) is 16.7 Å². The molecular formula is C19H18O4S. The molecule has 0 unspecified atom stereocenters. The van der Waals surface area contributed by atoms with E-state index in [4.69, 9.17) is 14.2 Å². The lowest BCUT2D eigenvalue weighted by molar-refractivity contribution is -0.138. The zero-order chi connectivity index (χ0) is 17.1. The lowest BCUT2D eigenvalue weighted by atomic mass is 9.95. The average molecular weight is 342 g/mol. The number of cyclic esters (lactones) is 1. The Bertz CT molecular complexity index is 794. The monoisotopic (exact) mass is 342 g/mol. The fourth-order valence-electron chi connectivity index (χ4n) is 2.63. The fourth-order valence-corrected chi connectivity index (χ4v) is 3.03. The molecule has 1 aliphatic rings. The van der Waals surface area contributed by atoms with Crippen LogP contribution in [0.2, 0.25) is 0 Å². The molecule has 0 spiro atoms. The van der Waals surface area contributed by atoms with Crippen molar-refractivity contribution in [3.63, 3.8) is 0 Å². The molecule has 0 bridgehead atoms. The first-order valence-electron chi connectivity index (χ1n) is 7.44. The second-order valence-corrected chi connectivity index (χ2v) is 6.15. The predicted octanol–water partition coefficient (Wildman–Crippen LogP) is 4.02. The Kier molecular flexibility index (Phi) is 4.81. The van der Waals surface area contributed by atoms with Gasteiger partial charge in [0.25, 0.3) is 0 Å². The molecule has 1 aliphatic heterocycles. The lowest BCUT2D eigenvalue weighted by Crippen LogP contribution is -2.15. The van der Waals surface area contributed by atoms with Gasteiger partial charge in [-0.25, -0.2) is 4.79 Å². The molecule has 4 nitrogen and oxygen atoms in total. The molecule has 124 valence electrons. The maximum absolute atomic E-state index is 12.3. The van der Waals surface area contributed by atoms with Gasteiger partial charge >= 0.3 is 5.97 Å². The molecule has 0 saturated heterocycles. The third kappa shape index (κ3) is 3.12. The summed E-state index contributed by atoms with van der Waals surface area (Å²) in [4.78, 5) is 13.4. The van der Waals surface area contributed by atoms with Crippen molar-refractivity contribution in [2.24, 2.45) is 0 Å². The summed E-state index contributed by atoms with van der Waals surface area (Å²) in [6.45, 7) is 0.233. The fraction of sp³-hybridized carbons (Fsp3) is 0.211. The second kappa shape index (κ2) is 7.01. The van der Waals surface area contributed by atoms with Gasteiger partial charge in [0.05, 0.1) is 19.8 Å². The van der Waals surface area contributed by atoms with Crippen molar-refractivity contribution in [2.45, 2.75) is 11.5 Å². The minimum atomic E-state index is -0.330. The Hall–Kier alpha value is -2.40. The third-order valence-electron chi connectivity index (χ3n) is 3.91. The topological polar surface area (TPSA) is 44.8 Å². The number of rotatable bonds is 4. The molecule has 5 heteroatoms. The van der Waals surface area contributed by atoms with Crippen LogP contribution in [0, 0.1) is 0 Å². The average Bonchev–Trinajstić information content (AvgIpc) is 2.63. The van der Waals surface area contributed by atoms with E-state index < -0.39 is 0 Å². The van der Waals surface area contributed by atoms with Gasteiger partial charge in [0.1, 0.15) is 6.61 Å². The first-order chi connectivity index (χ1) is 11.7. The highest BCUT2D eigenvalue weighted by molar-refractivity contribution is 7.98. The molecule has 2 aromatic rings. The largest absolute Gasteiger partial charge is 0.493 e. The molecule has 0 N–H and O–H groups in total. The maximum Gasteiger partial charge on any atom is 0.339 e. The molecular weight excluding hydrogens is 324 g/mol. The molecule has 2 aromatic carbocycles. The van der Waals surface area contributed by atoms with Crippen LogP contribution in [-0.2, 0) is 16.1 Å². The molecule has 0 aromatic heterocycles. The number of benzene rings is 2. The molecule has 0 saturated carbocycles. The highest BCUT2D eigenvalue weighted by Gasteiger charge is 2.25. The molecule has 0 fully saturated rings. The van der Waals surface area contributed by atoms with Crippen LogP contribution in [0.3, 0.4) is 0 Å². The van der Waals surface area contributed by atoms with Crippen LogP contribution in [0.25, 0.3) is 11.6 Å². The van der Waals surface area contributed by atoms with Gasteiger partial charge in [-0.1, -0.05) is 12.1 Å². The Morgan fingerprint density at radius 1 is 1.08 bits per heavy atom. The Labute approximate surface area is 145 Å². The minimum absolute atomic E-state index is 0.233. The normalized spacial score (nSPS) is 15.0. The van der Waals surface area contributed by atoms with E-state index in [1.165, 1.54) is 4.90 Å². The smallest absolute Gasteiger partial charge is 0.339 e. The quantitative estimate of drug-likeness (QED) is 0.477. The van der Waals surface area contributed by atoms with E-state index in [1.54, 1.807) is 26.0 Å². The summed E-state index contributed by atoms with van der Waals surface area (Å²) in [5, 5.41) is 0. The van der Waals surface area contributed by atoms with Crippen LogP contribution in [-0.4, -0.2) is 26.4 Å². The Morgan fingerprint density at radius 2 is 1.75 bits per heavy atom. The van der Waals surface area contributed by atoms with E-state index in [9.17, 15) is 4.79 Å². The number of carbonyl (C=O) groups excluding carboxylic acids is 1. The number of carbonyl (C=O) groups is 1. The highest BCUT2D eigenvalue weighted by Crippen LogP contribution is 2.37. The highest BCUT2D eigenvalue weighted by atomic mass is 32.2. The Balaban J connectivity index is 2.08. The van der Waals surface area contributed by atoms with Crippen molar-refractivity contribution in [3.8, 4) is 11.5 Å². The number of esters is 1. The summed E-state index contributed by atoms with van der Waals surface area (Å²) in [7, 11) is 3.17. The Morgan fingerprint density at radius 3 is 2.38 bits per heavy atom. The van der Waals surface area contributed by atoms with E-state index in [2.05, 4.69) is 0 Å². The van der Waals surface area contributed by atoms with Crippen LogP contribution < -0.4 is 9.47 Å². The van der Waals surface area contributed by atoms with Gasteiger partial charge in [-0.05, 0) is 47.7 Å². The predicted molar refractivity (Wildman–Crippen MR) is 95.4 cm³/mol. The van der Waals surface area contributed by atoms with Gasteiger partial charge in [0.15, 0.2) is 11.5 Å². The number of fused-ring (bicyclic) bond motifs is 1. The van der Waals surface area contributed by atoms with E-state index in [0.29, 0.717) is 17.1 Å². The first kappa shape index (κ1) is 16.5. The first-order valence-corrected chi connectivity index (χ1v) is 8.67. The number of hydrogen-bond donors (Lipinski definition) is 0. The van der Waals surface area contributed by atoms with Crippen molar-refractivity contribution >= 4 is 29.4 Å². The summed E-state index contributed by atoms with van der Waals surface area (Å²) >= 11 is 1.68. The zero-order valence-corrected chi connectivity index (χ0v) is 14.6. The summed E-state index contributed by atoms with van der Waals surface area (Å²) < 4.78 is 16.0. The van der Waals surface area contributed by atoms with Gasteiger partial charge in [-0.15, -0.1) is 11.8 Å². The maximum atomic E-state index is 12.3. The summed E-state index contributed by atoms with van der Waals surface area (Å²) in [6.07, 6.45) is 3.87. The standard InChI is InChI=1S/C19H18O4S/c1-21-17-9-13-11-23-19(20)16(15(13)10-18(17)22-2)8-12-4-6-14(24-3)7-5-12/h4-10H,11H2,1-3H3. The van der Waals surface area contributed by atoms with E-state index in [-0.39, 0.29) is 12.6 Å². The van der Waals surface area contributed by atoms with Gasteiger partial charge in [-0.2, -0.15) is 0 Å². The van der Waals surface area contributed by atoms with Crippen molar-refractivity contribution in [1.29, 1.82) is 0 Å². The number of hydrogen-bond acceptors (Lipinski definition) is 5. The molecule has 0 aliphatic carbocycles. The van der Waals surface area contributed by atoms with Crippen molar-refractivity contribution in [2.75, 3.05) is 20.5 Å². The molecule has 0 atom stereocenters. The van der Waals surface area contributed by atoms with Crippen LogP contribution >= 0.6 is 11.8 Å². The van der Waals surface area contributed by atoms with Gasteiger partial charge in [-0.3, -0.25) is 0 Å². The molecule has 3 rings (SSSR count). The van der Waals surface area contributed by atoms with Gasteiger partial charge < -0.3 is 14.2 Å². The van der Waals surface area contributed by atoms with Crippen LogP contribution in [0.15, 0.2) is 41.3 Å². The number of thioether (sulfide) groups is 1. The lowest BCUT2D eigenvalue weighted by Gasteiger charge is -2.21. The molecule has 0 amide bonds. The SMILES string of the molecule is COc1cc2c(cc1OC)C(=Cc1ccc(SC)cc1)C(=O)OC2. The van der Waals surface area contributed by atoms with E-state index in [0.717, 1.165) is 16.7 Å². The third-order valence-corrected chi connectivity index (χ3v) is 4.65. The van der Waals surface area contributed by atoms with Gasteiger partial charge in [0, 0.05) is 10.5 Å². The second-order valence-electron chi connectivity index (χ2n) is 5.27. The summed E-state index contributed by atoms with van der Waals surface area (Å²) in [5.74, 6) is 0.885. The minimum Gasteiger partial charge on any atom is -0.493 e. The van der Waals surface area contributed by atoms with Gasteiger partial charge in [0.2, 0.25) is 0 Å². The van der Waals surface area contributed by atoms with Crippen molar-refractivity contribution < 1.29 is 19.0 Å². The van der Waals surface area contributed by atoms with E-state index in [1.807, 2.05) is 48.7 Å². The molecule has 1 heterocycles. The van der Waals surface area contributed by atoms with Crippen molar-refractivity contribution in [1.82, 2.24) is 0 Å². The summed E-state index contributed by atoms with van der Waals surface area (Å²) in [6, 6.07) is 11.7. The van der Waals surface area contributed by atoms with Crippen LogP contribution in [0.5, 0.6) is 11.5 Å². The van der Waals surface area contributed by atoms with E-state index >= 15 is 0 Å². The van der Waals surface area contributed by atoms with Crippen LogP contribution in [0.4, 0.5) is 0 Å². The van der Waals surface area contributed by atoms with Crippen molar-refractivity contribution in [3.05, 3.63) is 53.1 Å². The zero-order valence-electron chi connectivity index (χ0n) is 13.8.